The van der Waals surface area contributed by atoms with E-state index in [-0.39, 0.29) is 30.7 Å². The number of piperidine rings is 1. The third-order valence-electron chi connectivity index (χ3n) is 7.42. The van der Waals surface area contributed by atoms with Gasteiger partial charge in [-0.3, -0.25) is 10.1 Å². The minimum Gasteiger partial charge on any atom is -0.454 e. The number of nitrogens with one attached hydrogen (secondary N) is 2. The number of fused-ring (bicyclic) bond motifs is 1. The van der Waals surface area contributed by atoms with Crippen LogP contribution in [0.4, 0.5) is 10.5 Å². The van der Waals surface area contributed by atoms with Gasteiger partial charge in [0.15, 0.2) is 11.5 Å². The standard InChI is InChI=1S/C26H31ClN4O4/c1-3-17(2)23-24(32)31(15-18-7-8-21-22(13-18)35-16-34-21)26(29-23)9-11-30(12-10-26)25(33)28-20-6-4-5-19(27)14-20/h4-8,13-14,17,23,29H,3,9-12,15-16H2,1-2H3,(H,28,33)/t17-,23+/m1/s1. The van der Waals surface area contributed by atoms with E-state index >= 15 is 0 Å². The van der Waals surface area contributed by atoms with Gasteiger partial charge in [-0.1, -0.05) is 44.0 Å². The molecule has 3 aliphatic rings. The number of ether oxygens (including phenoxy) is 2. The maximum Gasteiger partial charge on any atom is 0.321 e. The van der Waals surface area contributed by atoms with E-state index in [2.05, 4.69) is 24.5 Å². The Morgan fingerprint density at radius 2 is 1.97 bits per heavy atom. The molecule has 3 aliphatic heterocycles. The minimum atomic E-state index is -0.492. The van der Waals surface area contributed by atoms with E-state index in [4.69, 9.17) is 21.1 Å². The van der Waals surface area contributed by atoms with Gasteiger partial charge in [-0.2, -0.15) is 0 Å². The molecule has 2 aromatic carbocycles. The predicted molar refractivity (Wildman–Crippen MR) is 134 cm³/mol. The zero-order valence-corrected chi connectivity index (χ0v) is 20.8. The quantitative estimate of drug-likeness (QED) is 0.636. The second-order valence-corrected chi connectivity index (χ2v) is 10.0. The molecule has 0 saturated carbocycles. The van der Waals surface area contributed by atoms with Crippen LogP contribution in [-0.2, 0) is 11.3 Å². The first kappa shape index (κ1) is 23.8. The summed E-state index contributed by atoms with van der Waals surface area (Å²) in [6.45, 7) is 5.99. The van der Waals surface area contributed by atoms with Gasteiger partial charge in [0.1, 0.15) is 0 Å². The molecule has 3 heterocycles. The molecule has 0 aliphatic carbocycles. The average Bonchev–Trinajstić information content (AvgIpc) is 3.42. The van der Waals surface area contributed by atoms with Crippen LogP contribution >= 0.6 is 11.6 Å². The lowest BCUT2D eigenvalue weighted by Gasteiger charge is -2.44. The van der Waals surface area contributed by atoms with Crippen molar-refractivity contribution < 1.29 is 19.1 Å². The topological polar surface area (TPSA) is 83.1 Å². The highest BCUT2D eigenvalue weighted by Crippen LogP contribution is 2.38. The fourth-order valence-electron chi connectivity index (χ4n) is 5.14. The summed E-state index contributed by atoms with van der Waals surface area (Å²) in [5, 5.41) is 7.19. The largest absolute Gasteiger partial charge is 0.454 e. The Bertz CT molecular complexity index is 1120. The van der Waals surface area contributed by atoms with Gasteiger partial charge < -0.3 is 24.6 Å². The monoisotopic (exact) mass is 498 g/mol. The number of carbonyl (C=O) groups excluding carboxylic acids is 2. The first-order valence-corrected chi connectivity index (χ1v) is 12.6. The molecular formula is C26H31ClN4O4. The number of amides is 3. The van der Waals surface area contributed by atoms with Gasteiger partial charge in [0, 0.05) is 43.2 Å². The van der Waals surface area contributed by atoms with Gasteiger partial charge in [0.05, 0.1) is 11.7 Å². The Hall–Kier alpha value is -2.97. The Balaban J connectivity index is 1.32. The fourth-order valence-corrected chi connectivity index (χ4v) is 5.33. The lowest BCUT2D eigenvalue weighted by atomic mass is 9.95. The molecule has 2 aromatic rings. The lowest BCUT2D eigenvalue weighted by Crippen LogP contribution is -2.59. The zero-order chi connectivity index (χ0) is 24.6. The van der Waals surface area contributed by atoms with E-state index in [9.17, 15) is 9.59 Å². The number of hydrogen-bond acceptors (Lipinski definition) is 5. The van der Waals surface area contributed by atoms with E-state index in [1.54, 1.807) is 23.1 Å². The van der Waals surface area contributed by atoms with Crippen LogP contribution in [0.5, 0.6) is 11.5 Å². The summed E-state index contributed by atoms with van der Waals surface area (Å²) in [6, 6.07) is 12.6. The summed E-state index contributed by atoms with van der Waals surface area (Å²) in [6.07, 6.45) is 2.21. The van der Waals surface area contributed by atoms with Gasteiger partial charge >= 0.3 is 6.03 Å². The van der Waals surface area contributed by atoms with Crippen molar-refractivity contribution in [3.8, 4) is 11.5 Å². The molecule has 35 heavy (non-hydrogen) atoms. The second kappa shape index (κ2) is 9.59. The van der Waals surface area contributed by atoms with Gasteiger partial charge in [-0.25, -0.2) is 4.79 Å². The molecule has 0 bridgehead atoms. The number of rotatable bonds is 5. The average molecular weight is 499 g/mol. The maximum absolute atomic E-state index is 13.6. The number of urea groups is 1. The van der Waals surface area contributed by atoms with E-state index in [1.807, 2.05) is 29.2 Å². The van der Waals surface area contributed by atoms with Crippen LogP contribution < -0.4 is 20.1 Å². The number of likely N-dealkylation sites (tertiary alicyclic amines) is 1. The number of benzene rings is 2. The van der Waals surface area contributed by atoms with Crippen LogP contribution in [0, 0.1) is 5.92 Å². The summed E-state index contributed by atoms with van der Waals surface area (Å²) in [4.78, 5) is 30.3. The van der Waals surface area contributed by atoms with Crippen molar-refractivity contribution in [3.05, 3.63) is 53.1 Å². The van der Waals surface area contributed by atoms with Gasteiger partial charge in [0.2, 0.25) is 12.7 Å². The number of carbonyl (C=O) groups is 2. The van der Waals surface area contributed by atoms with Gasteiger partial charge in [0.25, 0.3) is 0 Å². The van der Waals surface area contributed by atoms with Crippen molar-refractivity contribution in [1.82, 2.24) is 15.1 Å². The van der Waals surface area contributed by atoms with E-state index < -0.39 is 5.66 Å². The van der Waals surface area contributed by atoms with Gasteiger partial charge in [-0.15, -0.1) is 0 Å². The second-order valence-electron chi connectivity index (χ2n) is 9.58. The third kappa shape index (κ3) is 4.65. The van der Waals surface area contributed by atoms with E-state index in [1.165, 1.54) is 0 Å². The molecule has 0 aromatic heterocycles. The molecule has 5 rings (SSSR count). The molecule has 186 valence electrons. The molecular weight excluding hydrogens is 468 g/mol. The molecule has 2 N–H and O–H groups in total. The normalized spacial score (nSPS) is 21.5. The molecule has 1 spiro atoms. The first-order valence-electron chi connectivity index (χ1n) is 12.2. The summed E-state index contributed by atoms with van der Waals surface area (Å²) in [7, 11) is 0. The van der Waals surface area contributed by atoms with E-state index in [0.717, 1.165) is 17.7 Å². The molecule has 2 fully saturated rings. The summed E-state index contributed by atoms with van der Waals surface area (Å²) in [5.74, 6) is 1.77. The summed E-state index contributed by atoms with van der Waals surface area (Å²) < 4.78 is 11.0. The SMILES string of the molecule is CC[C@@H](C)[C@@H]1NC2(CCN(C(=O)Nc3cccc(Cl)c3)CC2)N(Cc2ccc3c(c2)OCO3)C1=O. The Labute approximate surface area is 210 Å². The molecule has 3 amide bonds. The molecule has 0 radical (unpaired) electrons. The number of nitrogens with zero attached hydrogens (tertiary/aromatic N) is 2. The Kier molecular flexibility index (Phi) is 6.51. The van der Waals surface area contributed by atoms with Crippen molar-refractivity contribution in [2.45, 2.75) is 51.4 Å². The minimum absolute atomic E-state index is 0.119. The molecule has 2 saturated heterocycles. The molecule has 2 atom stereocenters. The highest BCUT2D eigenvalue weighted by Gasteiger charge is 2.52. The highest BCUT2D eigenvalue weighted by atomic mass is 35.5. The van der Waals surface area contributed by atoms with Crippen molar-refractivity contribution in [3.63, 3.8) is 0 Å². The maximum atomic E-state index is 13.6. The van der Waals surface area contributed by atoms with Crippen LogP contribution in [0.25, 0.3) is 0 Å². The predicted octanol–water partition coefficient (Wildman–Crippen LogP) is 4.44. The third-order valence-corrected chi connectivity index (χ3v) is 7.65. The van der Waals surface area contributed by atoms with Gasteiger partial charge in [-0.05, 0) is 41.8 Å². The molecule has 9 heteroatoms. The lowest BCUT2D eigenvalue weighted by molar-refractivity contribution is -0.134. The number of anilines is 1. The number of hydrogen-bond donors (Lipinski definition) is 2. The Morgan fingerprint density at radius 1 is 1.20 bits per heavy atom. The van der Waals surface area contributed by atoms with Crippen LogP contribution in [-0.4, -0.2) is 53.3 Å². The van der Waals surface area contributed by atoms with Crippen LogP contribution in [0.2, 0.25) is 5.02 Å². The zero-order valence-electron chi connectivity index (χ0n) is 20.1. The fraction of sp³-hybridized carbons (Fsp3) is 0.462. The van der Waals surface area contributed by atoms with Crippen LogP contribution in [0.3, 0.4) is 0 Å². The first-order chi connectivity index (χ1) is 16.9. The number of halogens is 1. The van der Waals surface area contributed by atoms with Crippen LogP contribution in [0.15, 0.2) is 42.5 Å². The van der Waals surface area contributed by atoms with Crippen molar-refractivity contribution in [2.24, 2.45) is 5.92 Å². The summed E-state index contributed by atoms with van der Waals surface area (Å²) >= 11 is 6.05. The smallest absolute Gasteiger partial charge is 0.321 e. The molecule has 8 nitrogen and oxygen atoms in total. The summed E-state index contributed by atoms with van der Waals surface area (Å²) in [5.41, 5.74) is 1.17. The van der Waals surface area contributed by atoms with Crippen molar-refractivity contribution in [1.29, 1.82) is 0 Å². The van der Waals surface area contributed by atoms with Crippen LogP contribution in [0.1, 0.15) is 38.7 Å². The highest BCUT2D eigenvalue weighted by molar-refractivity contribution is 6.30. The molecule has 0 unspecified atom stereocenters. The van der Waals surface area contributed by atoms with E-state index in [0.29, 0.717) is 48.9 Å². The van der Waals surface area contributed by atoms with Crippen molar-refractivity contribution >= 4 is 29.2 Å². The van der Waals surface area contributed by atoms with Crippen molar-refractivity contribution in [2.75, 3.05) is 25.2 Å². The Morgan fingerprint density at radius 3 is 2.71 bits per heavy atom.